The minimum absolute atomic E-state index is 0. The van der Waals surface area contributed by atoms with Crippen LogP contribution in [0.4, 0.5) is 10.3 Å². The lowest BCUT2D eigenvalue weighted by atomic mass is 10.0. The van der Waals surface area contributed by atoms with Gasteiger partial charge in [-0.1, -0.05) is 0 Å². The van der Waals surface area contributed by atoms with Gasteiger partial charge in [-0.15, -0.1) is 24.8 Å². The highest BCUT2D eigenvalue weighted by molar-refractivity contribution is 5.85. The summed E-state index contributed by atoms with van der Waals surface area (Å²) in [6.45, 7) is 1.62. The molecule has 1 aliphatic heterocycles. The van der Waals surface area contributed by atoms with E-state index in [1.54, 1.807) is 12.1 Å². The predicted molar refractivity (Wildman–Crippen MR) is 81.7 cm³/mol. The van der Waals surface area contributed by atoms with Crippen LogP contribution in [0.5, 0.6) is 0 Å². The van der Waals surface area contributed by atoms with Crippen LogP contribution in [0.2, 0.25) is 0 Å². The number of nitrogens with zero attached hydrogens (tertiary/aromatic N) is 2. The van der Waals surface area contributed by atoms with Gasteiger partial charge >= 0.3 is 0 Å². The van der Waals surface area contributed by atoms with E-state index < -0.39 is 0 Å². The molecule has 0 unspecified atom stereocenters. The summed E-state index contributed by atoms with van der Waals surface area (Å²) in [7, 11) is 0. The molecule has 1 aromatic heterocycles. The Kier molecular flexibility index (Phi) is 5.68. The molecular weight excluding hydrogens is 302 g/mol. The second-order valence-corrected chi connectivity index (χ2v) is 4.29. The molecule has 0 atom stereocenters. The molecule has 1 aromatic carbocycles. The Balaban J connectivity index is 0.000001000. The Labute approximate surface area is 128 Å². The summed E-state index contributed by atoms with van der Waals surface area (Å²) in [4.78, 5) is 8.56. The van der Waals surface area contributed by atoms with Crippen molar-refractivity contribution in [2.24, 2.45) is 0 Å². The van der Waals surface area contributed by atoms with Crippen molar-refractivity contribution in [3.05, 3.63) is 41.3 Å². The molecule has 2 heterocycles. The largest absolute Gasteiger partial charge is 0.368 e. The first-order valence-corrected chi connectivity index (χ1v) is 5.86. The van der Waals surface area contributed by atoms with Gasteiger partial charge in [0.2, 0.25) is 5.95 Å². The third-order valence-corrected chi connectivity index (χ3v) is 3.07. The van der Waals surface area contributed by atoms with E-state index in [-0.39, 0.29) is 36.6 Å². The van der Waals surface area contributed by atoms with E-state index in [1.807, 2.05) is 0 Å². The molecule has 1 aliphatic rings. The molecule has 0 radical (unpaired) electrons. The van der Waals surface area contributed by atoms with Gasteiger partial charge in [0.15, 0.2) is 0 Å². The van der Waals surface area contributed by atoms with Crippen molar-refractivity contribution in [1.82, 2.24) is 15.3 Å². The van der Waals surface area contributed by atoms with E-state index in [1.165, 1.54) is 12.1 Å². The van der Waals surface area contributed by atoms with Gasteiger partial charge in [-0.25, -0.2) is 14.4 Å². The number of hydrogen-bond donors (Lipinski definition) is 2. The lowest BCUT2D eigenvalue weighted by molar-refractivity contribution is 0.626. The summed E-state index contributed by atoms with van der Waals surface area (Å²) < 4.78 is 13.0. The quantitative estimate of drug-likeness (QED) is 0.847. The summed E-state index contributed by atoms with van der Waals surface area (Å²) in [6, 6.07) is 6.28. The van der Waals surface area contributed by atoms with E-state index in [0.29, 0.717) is 0 Å². The number of nitrogens with one attached hydrogen (secondary N) is 1. The Morgan fingerprint density at radius 2 is 1.80 bits per heavy atom. The second-order valence-electron chi connectivity index (χ2n) is 4.29. The van der Waals surface area contributed by atoms with Crippen LogP contribution in [-0.4, -0.2) is 16.5 Å². The smallest absolute Gasteiger partial charge is 0.220 e. The average Bonchev–Trinajstić information content (AvgIpc) is 2.38. The summed E-state index contributed by atoms with van der Waals surface area (Å²) in [5, 5.41) is 3.29. The third-order valence-electron chi connectivity index (χ3n) is 3.07. The highest BCUT2D eigenvalue weighted by atomic mass is 35.5. The normalized spacial score (nSPS) is 12.8. The predicted octanol–water partition coefficient (Wildman–Crippen LogP) is 2.35. The van der Waals surface area contributed by atoms with Crippen LogP contribution in [0, 0.1) is 5.82 Å². The zero-order chi connectivity index (χ0) is 12.5. The van der Waals surface area contributed by atoms with E-state index in [2.05, 4.69) is 15.3 Å². The van der Waals surface area contributed by atoms with Gasteiger partial charge in [0.25, 0.3) is 0 Å². The third kappa shape index (κ3) is 3.17. The number of fused-ring (bicyclic) bond motifs is 1. The van der Waals surface area contributed by atoms with Crippen molar-refractivity contribution in [3.8, 4) is 11.3 Å². The molecular formula is C13H15Cl2FN4. The van der Waals surface area contributed by atoms with Crippen LogP contribution in [0.25, 0.3) is 11.3 Å². The molecule has 0 amide bonds. The lowest BCUT2D eigenvalue weighted by Gasteiger charge is -2.19. The summed E-state index contributed by atoms with van der Waals surface area (Å²) in [6.07, 6.45) is 0.844. The Hall–Kier alpha value is -1.43. The van der Waals surface area contributed by atoms with Gasteiger partial charge in [-0.2, -0.15) is 0 Å². The first kappa shape index (κ1) is 16.6. The van der Waals surface area contributed by atoms with Crippen LogP contribution in [-0.2, 0) is 13.0 Å². The first-order chi connectivity index (χ1) is 8.74. The molecule has 0 spiro atoms. The number of anilines is 1. The van der Waals surface area contributed by atoms with Gasteiger partial charge < -0.3 is 11.1 Å². The monoisotopic (exact) mass is 316 g/mol. The van der Waals surface area contributed by atoms with E-state index in [0.717, 1.165) is 42.0 Å². The molecule has 20 heavy (non-hydrogen) atoms. The van der Waals surface area contributed by atoms with Gasteiger partial charge in [0, 0.05) is 30.6 Å². The molecule has 2 aromatic rings. The number of aromatic nitrogens is 2. The number of rotatable bonds is 1. The van der Waals surface area contributed by atoms with Gasteiger partial charge in [0.1, 0.15) is 5.82 Å². The lowest BCUT2D eigenvalue weighted by Crippen LogP contribution is -2.26. The fourth-order valence-corrected chi connectivity index (χ4v) is 2.21. The van der Waals surface area contributed by atoms with Crippen LogP contribution in [0.1, 0.15) is 11.3 Å². The number of nitrogen functional groups attached to an aromatic ring is 1. The van der Waals surface area contributed by atoms with Crippen LogP contribution in [0.15, 0.2) is 24.3 Å². The van der Waals surface area contributed by atoms with Crippen molar-refractivity contribution in [1.29, 1.82) is 0 Å². The van der Waals surface area contributed by atoms with Gasteiger partial charge in [-0.05, 0) is 24.3 Å². The summed E-state index contributed by atoms with van der Waals surface area (Å²) in [5.41, 5.74) is 9.44. The van der Waals surface area contributed by atoms with Crippen LogP contribution in [0.3, 0.4) is 0 Å². The van der Waals surface area contributed by atoms with Crippen molar-refractivity contribution in [3.63, 3.8) is 0 Å². The maximum absolute atomic E-state index is 13.0. The zero-order valence-electron chi connectivity index (χ0n) is 10.6. The Bertz CT molecular complexity index is 590. The fraction of sp³-hybridized carbons (Fsp3) is 0.231. The molecule has 0 aliphatic carbocycles. The SMILES string of the molecule is Cl.Cl.Nc1nc2c(c(-c3ccc(F)cc3)n1)CNCC2. The molecule has 3 N–H and O–H groups in total. The first-order valence-electron chi connectivity index (χ1n) is 5.86. The second kappa shape index (κ2) is 6.83. The highest BCUT2D eigenvalue weighted by Crippen LogP contribution is 2.26. The number of nitrogens with two attached hydrogens (primary N) is 1. The fourth-order valence-electron chi connectivity index (χ4n) is 2.21. The molecule has 108 valence electrons. The molecule has 0 bridgehead atoms. The van der Waals surface area contributed by atoms with E-state index >= 15 is 0 Å². The number of hydrogen-bond acceptors (Lipinski definition) is 4. The van der Waals surface area contributed by atoms with Crippen molar-refractivity contribution < 1.29 is 4.39 Å². The molecule has 0 fully saturated rings. The van der Waals surface area contributed by atoms with Crippen molar-refractivity contribution in [2.75, 3.05) is 12.3 Å². The van der Waals surface area contributed by atoms with E-state index in [4.69, 9.17) is 5.73 Å². The number of benzene rings is 1. The zero-order valence-corrected chi connectivity index (χ0v) is 12.2. The Morgan fingerprint density at radius 1 is 1.10 bits per heavy atom. The molecule has 7 heteroatoms. The Morgan fingerprint density at radius 3 is 2.50 bits per heavy atom. The molecule has 0 saturated carbocycles. The minimum atomic E-state index is -0.257. The molecule has 0 saturated heterocycles. The van der Waals surface area contributed by atoms with Crippen LogP contribution < -0.4 is 11.1 Å². The van der Waals surface area contributed by atoms with Crippen LogP contribution >= 0.6 is 24.8 Å². The van der Waals surface area contributed by atoms with Crippen molar-refractivity contribution >= 4 is 30.8 Å². The average molecular weight is 317 g/mol. The maximum Gasteiger partial charge on any atom is 0.220 e. The summed E-state index contributed by atoms with van der Waals surface area (Å²) in [5.74, 6) is 0.0164. The standard InChI is InChI=1S/C13H13FN4.2ClH/c14-9-3-1-8(2-4-9)12-10-7-16-6-5-11(10)17-13(15)18-12;;/h1-4,16H,5-7H2,(H2,15,17,18);2*1H. The maximum atomic E-state index is 13.0. The summed E-state index contributed by atoms with van der Waals surface area (Å²) >= 11 is 0. The van der Waals surface area contributed by atoms with Gasteiger partial charge in [0.05, 0.1) is 11.4 Å². The van der Waals surface area contributed by atoms with Gasteiger partial charge in [-0.3, -0.25) is 0 Å². The topological polar surface area (TPSA) is 63.8 Å². The number of halogens is 3. The minimum Gasteiger partial charge on any atom is -0.368 e. The highest BCUT2D eigenvalue weighted by Gasteiger charge is 2.17. The molecule has 3 rings (SSSR count). The molecule has 4 nitrogen and oxygen atoms in total. The van der Waals surface area contributed by atoms with Crippen molar-refractivity contribution in [2.45, 2.75) is 13.0 Å². The van der Waals surface area contributed by atoms with E-state index in [9.17, 15) is 4.39 Å².